The monoisotopic (exact) mass is 378 g/mol. The Morgan fingerprint density at radius 2 is 1.81 bits per heavy atom. The van der Waals surface area contributed by atoms with Gasteiger partial charge in [-0.2, -0.15) is 0 Å². The molecule has 1 amide bonds. The zero-order chi connectivity index (χ0) is 18.6. The van der Waals surface area contributed by atoms with Gasteiger partial charge in [0.15, 0.2) is 6.61 Å². The Morgan fingerprint density at radius 1 is 1.04 bits per heavy atom. The van der Waals surface area contributed by atoms with E-state index in [1.165, 1.54) is 4.85 Å². The number of amides is 1. The number of carbonyl (C=O) groups excluding carboxylic acids is 1. The molecule has 0 radical (unpaired) electrons. The summed E-state index contributed by atoms with van der Waals surface area (Å²) in [5.74, 6) is -0.302. The lowest BCUT2D eigenvalue weighted by atomic mass is 10.0. The first-order valence-electron chi connectivity index (χ1n) is 8.29. The van der Waals surface area contributed by atoms with Gasteiger partial charge in [-0.05, 0) is 35.0 Å². The van der Waals surface area contributed by atoms with Gasteiger partial charge in [0.2, 0.25) is 0 Å². The van der Waals surface area contributed by atoms with Crippen molar-refractivity contribution < 1.29 is 9.63 Å². The minimum absolute atomic E-state index is 0.214. The fourth-order valence-corrected chi connectivity index (χ4v) is 2.90. The summed E-state index contributed by atoms with van der Waals surface area (Å²) in [6.45, 7) is -0.214. The van der Waals surface area contributed by atoms with Crippen molar-refractivity contribution in [1.82, 2.24) is 15.2 Å². The molecule has 0 aliphatic heterocycles. The summed E-state index contributed by atoms with van der Waals surface area (Å²) < 4.78 is 0. The second-order valence-corrected chi connectivity index (χ2v) is 6.27. The Kier molecular flexibility index (Phi) is 4.72. The van der Waals surface area contributed by atoms with Crippen LogP contribution in [0.5, 0.6) is 0 Å². The highest BCUT2D eigenvalue weighted by Crippen LogP contribution is 2.27. The minimum atomic E-state index is -0.302. The summed E-state index contributed by atoms with van der Waals surface area (Å²) in [5, 5.41) is 11.3. The first-order valence-corrected chi connectivity index (χ1v) is 8.67. The second kappa shape index (κ2) is 7.47. The Bertz CT molecular complexity index is 1100. The molecule has 0 bridgehead atoms. The van der Waals surface area contributed by atoms with Crippen molar-refractivity contribution in [2.75, 3.05) is 11.9 Å². The maximum Gasteiger partial charge on any atom is 0.265 e. The van der Waals surface area contributed by atoms with Gasteiger partial charge in [0.25, 0.3) is 5.91 Å². The van der Waals surface area contributed by atoms with Crippen LogP contribution in [0.1, 0.15) is 0 Å². The number of anilines is 1. The topological polar surface area (TPSA) is 69.0 Å². The second-order valence-electron chi connectivity index (χ2n) is 5.83. The normalized spacial score (nSPS) is 10.7. The van der Waals surface area contributed by atoms with Crippen LogP contribution in [-0.4, -0.2) is 27.7 Å². The molecule has 0 atom stereocenters. The van der Waals surface area contributed by atoms with Crippen molar-refractivity contribution in [3.8, 4) is 11.1 Å². The number of para-hydroxylation sites is 1. The van der Waals surface area contributed by atoms with E-state index in [1.807, 2.05) is 54.6 Å². The fraction of sp³-hybridized carbons (Fsp3) is 0.0500. The van der Waals surface area contributed by atoms with Gasteiger partial charge in [0.05, 0.1) is 0 Å². The van der Waals surface area contributed by atoms with E-state index in [0.29, 0.717) is 21.7 Å². The lowest BCUT2D eigenvalue weighted by Gasteiger charge is -2.11. The number of halogens is 1. The van der Waals surface area contributed by atoms with Crippen LogP contribution in [0.3, 0.4) is 0 Å². The number of hydrogen-bond donors (Lipinski definition) is 1. The molecule has 6 nitrogen and oxygen atoms in total. The SMILES string of the molecule is O=C(COn1nnc2ccc(Cl)cc21)Nc1ccccc1-c1ccccc1. The van der Waals surface area contributed by atoms with Crippen LogP contribution in [-0.2, 0) is 4.79 Å². The Morgan fingerprint density at radius 3 is 2.67 bits per heavy atom. The summed E-state index contributed by atoms with van der Waals surface area (Å²) in [6.07, 6.45) is 0. The number of aromatic nitrogens is 3. The fourth-order valence-electron chi connectivity index (χ4n) is 2.73. The third-order valence-corrected chi connectivity index (χ3v) is 4.22. The number of fused-ring (bicyclic) bond motifs is 1. The van der Waals surface area contributed by atoms with Gasteiger partial charge in [-0.25, -0.2) is 0 Å². The average molecular weight is 379 g/mol. The van der Waals surface area contributed by atoms with Crippen molar-refractivity contribution in [3.63, 3.8) is 0 Å². The van der Waals surface area contributed by atoms with Crippen LogP contribution in [0.15, 0.2) is 72.8 Å². The van der Waals surface area contributed by atoms with Gasteiger partial charge in [0.1, 0.15) is 11.0 Å². The Hall–Kier alpha value is -3.38. The summed E-state index contributed by atoms with van der Waals surface area (Å²) in [7, 11) is 0. The summed E-state index contributed by atoms with van der Waals surface area (Å²) in [4.78, 5) is 19.0. The molecule has 0 aliphatic rings. The maximum atomic E-state index is 12.4. The van der Waals surface area contributed by atoms with Crippen LogP contribution in [0.4, 0.5) is 5.69 Å². The van der Waals surface area contributed by atoms with Crippen LogP contribution < -0.4 is 10.2 Å². The highest BCUT2D eigenvalue weighted by atomic mass is 35.5. The van der Waals surface area contributed by atoms with E-state index < -0.39 is 0 Å². The van der Waals surface area contributed by atoms with Crippen molar-refractivity contribution in [1.29, 1.82) is 0 Å². The molecule has 3 aromatic carbocycles. The smallest absolute Gasteiger partial charge is 0.265 e. The van der Waals surface area contributed by atoms with Gasteiger partial charge >= 0.3 is 0 Å². The molecule has 0 spiro atoms. The Balaban J connectivity index is 1.48. The molecule has 1 N–H and O–H groups in total. The zero-order valence-corrected chi connectivity index (χ0v) is 14.9. The van der Waals surface area contributed by atoms with E-state index in [4.69, 9.17) is 16.4 Å². The zero-order valence-electron chi connectivity index (χ0n) is 14.2. The number of hydrogen-bond acceptors (Lipinski definition) is 4. The third-order valence-electron chi connectivity index (χ3n) is 3.98. The first kappa shape index (κ1) is 17.1. The molecule has 0 unspecified atom stereocenters. The number of nitrogens with zero attached hydrogens (tertiary/aromatic N) is 3. The lowest BCUT2D eigenvalue weighted by molar-refractivity contribution is -0.121. The molecule has 134 valence electrons. The molecule has 27 heavy (non-hydrogen) atoms. The van der Waals surface area contributed by atoms with Crippen LogP contribution in [0.25, 0.3) is 22.2 Å². The maximum absolute atomic E-state index is 12.4. The molecule has 0 fully saturated rings. The van der Waals surface area contributed by atoms with Crippen molar-refractivity contribution >= 4 is 34.2 Å². The van der Waals surface area contributed by atoms with Crippen molar-refractivity contribution in [3.05, 3.63) is 77.8 Å². The minimum Gasteiger partial charge on any atom is -0.385 e. The summed E-state index contributed by atoms with van der Waals surface area (Å²) >= 11 is 5.99. The lowest BCUT2D eigenvalue weighted by Crippen LogP contribution is -2.26. The van der Waals surface area contributed by atoms with Crippen molar-refractivity contribution in [2.24, 2.45) is 0 Å². The van der Waals surface area contributed by atoms with E-state index in [1.54, 1.807) is 18.2 Å². The van der Waals surface area contributed by atoms with Gasteiger partial charge < -0.3 is 10.2 Å². The molecule has 1 aromatic heterocycles. The largest absolute Gasteiger partial charge is 0.385 e. The molecule has 0 saturated carbocycles. The molecule has 1 heterocycles. The molecular weight excluding hydrogens is 364 g/mol. The van der Waals surface area contributed by atoms with Crippen LogP contribution in [0, 0.1) is 0 Å². The average Bonchev–Trinajstić information content (AvgIpc) is 3.09. The number of benzene rings is 3. The highest BCUT2D eigenvalue weighted by Gasteiger charge is 2.11. The number of rotatable bonds is 5. The Labute approximate surface area is 160 Å². The van der Waals surface area contributed by atoms with Gasteiger partial charge in [-0.15, -0.1) is 5.10 Å². The molecule has 7 heteroatoms. The molecule has 4 aromatic rings. The predicted molar refractivity (Wildman–Crippen MR) is 104 cm³/mol. The number of carbonyl (C=O) groups is 1. The van der Waals surface area contributed by atoms with Crippen molar-refractivity contribution in [2.45, 2.75) is 0 Å². The molecule has 4 rings (SSSR count). The highest BCUT2D eigenvalue weighted by molar-refractivity contribution is 6.31. The predicted octanol–water partition coefficient (Wildman–Crippen LogP) is 3.82. The molecular formula is C20H15ClN4O2. The van der Waals surface area contributed by atoms with E-state index in [-0.39, 0.29) is 12.5 Å². The number of nitrogens with one attached hydrogen (secondary N) is 1. The van der Waals surface area contributed by atoms with Gasteiger partial charge in [-0.1, -0.05) is 65.0 Å². The summed E-state index contributed by atoms with van der Waals surface area (Å²) in [6, 6.07) is 22.6. The van der Waals surface area contributed by atoms with E-state index in [0.717, 1.165) is 11.1 Å². The molecule has 0 aliphatic carbocycles. The standard InChI is InChI=1S/C20H15ClN4O2/c21-15-10-11-18-19(12-15)25(24-23-18)27-13-20(26)22-17-9-5-4-8-16(17)14-6-2-1-3-7-14/h1-12H,13H2,(H,22,26). The van der Waals surface area contributed by atoms with E-state index in [9.17, 15) is 4.79 Å². The first-order chi connectivity index (χ1) is 13.2. The summed E-state index contributed by atoms with van der Waals surface area (Å²) in [5.41, 5.74) is 3.90. The third kappa shape index (κ3) is 3.75. The quantitative estimate of drug-likeness (QED) is 0.573. The molecule has 0 saturated heterocycles. The van der Waals surface area contributed by atoms with Gasteiger partial charge in [0, 0.05) is 16.3 Å². The van der Waals surface area contributed by atoms with E-state index in [2.05, 4.69) is 15.6 Å². The van der Waals surface area contributed by atoms with Crippen LogP contribution >= 0.6 is 11.6 Å². The van der Waals surface area contributed by atoms with Gasteiger partial charge in [-0.3, -0.25) is 4.79 Å². The van der Waals surface area contributed by atoms with E-state index >= 15 is 0 Å². The van der Waals surface area contributed by atoms with Crippen LogP contribution in [0.2, 0.25) is 5.02 Å².